The number of nitrogens with zero attached hydrogens (tertiary/aromatic N) is 1. The van der Waals surface area contributed by atoms with E-state index >= 15 is 0 Å². The topological polar surface area (TPSA) is 16.4 Å². The standard InChI is InChI=1S/C60H43NO/c1-59(2)49-24-13-11-21-43(49)45-30-28-38(33-51(45)59)56-41-19-8-6-16-36(41)32-48-57-53(26-15-27-55(57)62-58(48)56)61(54-34-37-17-5-7-18-40(37)42-20-9-10-23-47(42)54)39-29-31-46-44-22-12-14-25-50(44)60(3,4)52(46)35-39/h5-35H,1-4H3. The summed E-state index contributed by atoms with van der Waals surface area (Å²) in [5.41, 5.74) is 17.9. The third-order valence-corrected chi connectivity index (χ3v) is 14.4. The molecule has 2 aliphatic carbocycles. The van der Waals surface area contributed by atoms with Gasteiger partial charge in [0.1, 0.15) is 11.2 Å². The molecule has 0 saturated carbocycles. The molecule has 0 aliphatic heterocycles. The zero-order valence-corrected chi connectivity index (χ0v) is 35.3. The van der Waals surface area contributed by atoms with Crippen LogP contribution in [-0.4, -0.2) is 0 Å². The average Bonchev–Trinajstić information content (AvgIpc) is 3.88. The van der Waals surface area contributed by atoms with E-state index in [1.54, 1.807) is 0 Å². The quantitative estimate of drug-likeness (QED) is 0.165. The van der Waals surface area contributed by atoms with Crippen molar-refractivity contribution in [2.24, 2.45) is 0 Å². The largest absolute Gasteiger partial charge is 0.455 e. The molecule has 1 heterocycles. The molecule has 0 amide bonds. The summed E-state index contributed by atoms with van der Waals surface area (Å²) in [7, 11) is 0. The van der Waals surface area contributed by atoms with Crippen LogP contribution in [0.1, 0.15) is 49.9 Å². The van der Waals surface area contributed by atoms with E-state index in [1.165, 1.54) is 82.4 Å². The van der Waals surface area contributed by atoms with Gasteiger partial charge in [0.25, 0.3) is 0 Å². The van der Waals surface area contributed by atoms with Crippen molar-refractivity contribution in [3.63, 3.8) is 0 Å². The number of furan rings is 1. The Morgan fingerprint density at radius 3 is 1.68 bits per heavy atom. The lowest BCUT2D eigenvalue weighted by Gasteiger charge is -2.30. The minimum atomic E-state index is -0.160. The third kappa shape index (κ3) is 4.75. The van der Waals surface area contributed by atoms with E-state index in [-0.39, 0.29) is 10.8 Å². The van der Waals surface area contributed by atoms with Crippen LogP contribution in [0.25, 0.3) is 87.6 Å². The first-order valence-electron chi connectivity index (χ1n) is 21.8. The summed E-state index contributed by atoms with van der Waals surface area (Å²) in [5.74, 6) is 0. The van der Waals surface area contributed by atoms with Gasteiger partial charge in [-0.15, -0.1) is 0 Å². The van der Waals surface area contributed by atoms with Gasteiger partial charge in [0.15, 0.2) is 0 Å². The van der Waals surface area contributed by atoms with Crippen LogP contribution in [0.15, 0.2) is 192 Å². The second kappa shape index (κ2) is 12.6. The fraction of sp³-hybridized carbons (Fsp3) is 0.100. The van der Waals surface area contributed by atoms with Gasteiger partial charge in [-0.05, 0) is 119 Å². The summed E-state index contributed by atoms with van der Waals surface area (Å²) in [5, 5.41) is 9.48. The highest BCUT2D eigenvalue weighted by Gasteiger charge is 2.37. The molecule has 13 rings (SSSR count). The van der Waals surface area contributed by atoms with Crippen LogP contribution in [0.5, 0.6) is 0 Å². The molecule has 11 aromatic rings. The first-order chi connectivity index (χ1) is 30.3. The van der Waals surface area contributed by atoms with Crippen LogP contribution in [-0.2, 0) is 10.8 Å². The molecular formula is C60H43NO. The van der Waals surface area contributed by atoms with Crippen molar-refractivity contribution in [2.75, 3.05) is 4.90 Å². The molecule has 2 aliphatic rings. The SMILES string of the molecule is CC1(C)c2ccccc2-c2ccc(-c3c4ccccc4cc4c3oc3cccc(N(c5ccc6c(c5)C(C)(C)c5ccccc5-6)c5cc6ccccc6c6ccccc56)c34)cc21. The Labute approximate surface area is 361 Å². The molecule has 0 bridgehead atoms. The second-order valence-electron chi connectivity index (χ2n) is 18.4. The molecule has 0 N–H and O–H groups in total. The predicted octanol–water partition coefficient (Wildman–Crippen LogP) is 16.8. The van der Waals surface area contributed by atoms with Crippen LogP contribution in [0, 0.1) is 0 Å². The molecular weight excluding hydrogens is 751 g/mol. The molecule has 0 saturated heterocycles. The maximum Gasteiger partial charge on any atom is 0.143 e. The van der Waals surface area contributed by atoms with E-state index < -0.39 is 0 Å². The number of hydrogen-bond donors (Lipinski definition) is 0. The van der Waals surface area contributed by atoms with Gasteiger partial charge >= 0.3 is 0 Å². The van der Waals surface area contributed by atoms with E-state index in [0.717, 1.165) is 44.6 Å². The molecule has 294 valence electrons. The van der Waals surface area contributed by atoms with Crippen molar-refractivity contribution < 1.29 is 4.42 Å². The molecule has 1 aromatic heterocycles. The Balaban J connectivity index is 1.11. The van der Waals surface area contributed by atoms with Crippen molar-refractivity contribution >= 4 is 71.3 Å². The van der Waals surface area contributed by atoms with Crippen molar-refractivity contribution in [3.8, 4) is 33.4 Å². The molecule has 0 radical (unpaired) electrons. The summed E-state index contributed by atoms with van der Waals surface area (Å²) < 4.78 is 7.22. The van der Waals surface area contributed by atoms with Crippen molar-refractivity contribution in [3.05, 3.63) is 210 Å². The van der Waals surface area contributed by atoms with Gasteiger partial charge in [0.2, 0.25) is 0 Å². The van der Waals surface area contributed by atoms with Gasteiger partial charge in [-0.25, -0.2) is 0 Å². The predicted molar refractivity (Wildman–Crippen MR) is 261 cm³/mol. The Kier molecular flexibility index (Phi) is 7.16. The average molecular weight is 794 g/mol. The van der Waals surface area contributed by atoms with E-state index in [9.17, 15) is 0 Å². The molecule has 0 spiro atoms. The van der Waals surface area contributed by atoms with Crippen LogP contribution in [0.4, 0.5) is 17.1 Å². The summed E-state index contributed by atoms with van der Waals surface area (Å²) in [6.07, 6.45) is 0. The summed E-state index contributed by atoms with van der Waals surface area (Å²) in [6.45, 7) is 9.45. The van der Waals surface area contributed by atoms with E-state index in [1.807, 2.05) is 0 Å². The smallest absolute Gasteiger partial charge is 0.143 e. The summed E-state index contributed by atoms with van der Waals surface area (Å²) in [4.78, 5) is 2.51. The Bertz CT molecular complexity index is 3710. The highest BCUT2D eigenvalue weighted by molar-refractivity contribution is 6.23. The number of anilines is 3. The Morgan fingerprint density at radius 2 is 0.952 bits per heavy atom. The lowest BCUT2D eigenvalue weighted by Crippen LogP contribution is -2.16. The Morgan fingerprint density at radius 1 is 0.387 bits per heavy atom. The lowest BCUT2D eigenvalue weighted by molar-refractivity contribution is 0.660. The van der Waals surface area contributed by atoms with Crippen LogP contribution < -0.4 is 4.90 Å². The van der Waals surface area contributed by atoms with Crippen LogP contribution >= 0.6 is 0 Å². The van der Waals surface area contributed by atoms with Gasteiger partial charge in [-0.2, -0.15) is 0 Å². The highest BCUT2D eigenvalue weighted by Crippen LogP contribution is 2.54. The van der Waals surface area contributed by atoms with E-state index in [0.29, 0.717) is 0 Å². The number of fused-ring (bicyclic) bond motifs is 13. The Hall–Kier alpha value is -7.42. The number of benzene rings is 10. The van der Waals surface area contributed by atoms with Gasteiger partial charge in [0.05, 0.1) is 16.8 Å². The third-order valence-electron chi connectivity index (χ3n) is 14.4. The molecule has 2 heteroatoms. The first kappa shape index (κ1) is 35.3. The fourth-order valence-electron chi connectivity index (χ4n) is 11.4. The molecule has 62 heavy (non-hydrogen) atoms. The molecule has 0 atom stereocenters. The minimum absolute atomic E-state index is 0.123. The molecule has 2 nitrogen and oxygen atoms in total. The first-order valence-corrected chi connectivity index (χ1v) is 21.8. The van der Waals surface area contributed by atoms with Gasteiger partial charge < -0.3 is 9.32 Å². The normalized spacial score (nSPS) is 14.4. The summed E-state index contributed by atoms with van der Waals surface area (Å²) >= 11 is 0. The molecule has 0 fully saturated rings. The monoisotopic (exact) mass is 793 g/mol. The molecule has 0 unspecified atom stereocenters. The van der Waals surface area contributed by atoms with Crippen molar-refractivity contribution in [1.29, 1.82) is 0 Å². The molecule has 10 aromatic carbocycles. The van der Waals surface area contributed by atoms with E-state index in [2.05, 4.69) is 221 Å². The van der Waals surface area contributed by atoms with Crippen LogP contribution in [0.3, 0.4) is 0 Å². The zero-order valence-electron chi connectivity index (χ0n) is 35.3. The van der Waals surface area contributed by atoms with Gasteiger partial charge in [-0.3, -0.25) is 0 Å². The van der Waals surface area contributed by atoms with Gasteiger partial charge in [0, 0.05) is 32.9 Å². The maximum absolute atomic E-state index is 7.22. The fourth-order valence-corrected chi connectivity index (χ4v) is 11.4. The maximum atomic E-state index is 7.22. The highest BCUT2D eigenvalue weighted by atomic mass is 16.3. The number of rotatable bonds is 4. The minimum Gasteiger partial charge on any atom is -0.455 e. The summed E-state index contributed by atoms with van der Waals surface area (Å²) in [6, 6.07) is 69.8. The number of hydrogen-bond acceptors (Lipinski definition) is 2. The zero-order chi connectivity index (χ0) is 41.5. The van der Waals surface area contributed by atoms with Crippen LogP contribution in [0.2, 0.25) is 0 Å². The lowest BCUT2D eigenvalue weighted by atomic mass is 9.81. The second-order valence-corrected chi connectivity index (χ2v) is 18.4. The van der Waals surface area contributed by atoms with Crippen molar-refractivity contribution in [1.82, 2.24) is 0 Å². The van der Waals surface area contributed by atoms with E-state index in [4.69, 9.17) is 4.42 Å². The van der Waals surface area contributed by atoms with Gasteiger partial charge in [-0.1, -0.05) is 173 Å². The van der Waals surface area contributed by atoms with Crippen molar-refractivity contribution in [2.45, 2.75) is 38.5 Å².